The monoisotopic (exact) mass is 479 g/mol. The summed E-state index contributed by atoms with van der Waals surface area (Å²) in [6.45, 7) is 0. The smallest absolute Gasteiger partial charge is 0.161 e. The number of para-hydroxylation sites is 3. The Morgan fingerprint density at radius 3 is 1.23 bits per heavy atom. The average Bonchev–Trinajstić information content (AvgIpc) is 2.92. The molecule has 0 aliphatic carbocycles. The van der Waals surface area contributed by atoms with E-state index in [0.29, 0.717) is 6.42 Å². The Kier molecular flexibility index (Phi) is 17.0. The minimum atomic E-state index is -0.264. The van der Waals surface area contributed by atoms with Crippen molar-refractivity contribution in [2.75, 3.05) is 34.2 Å². The molecule has 0 aliphatic heterocycles. The van der Waals surface area contributed by atoms with E-state index in [1.165, 1.54) is 0 Å². The fraction of sp³-hybridized carbons (Fsp3) is 0.286. The van der Waals surface area contributed by atoms with Gasteiger partial charge in [0.05, 0.1) is 11.4 Å². The Labute approximate surface area is 209 Å². The SMILES string of the molecule is C(CC=Nc1ccccc1)=Nc1ccccc1.COC(CC(OC)OC)OC.Nc1ccccc1. The van der Waals surface area contributed by atoms with Gasteiger partial charge in [-0.05, 0) is 36.4 Å². The van der Waals surface area contributed by atoms with Gasteiger partial charge in [0.15, 0.2) is 12.6 Å². The molecule has 0 saturated heterocycles. The second-order valence-corrected chi connectivity index (χ2v) is 6.98. The van der Waals surface area contributed by atoms with Crippen LogP contribution in [0, 0.1) is 0 Å². The highest BCUT2D eigenvalue weighted by Gasteiger charge is 2.13. The Bertz CT molecular complexity index is 857. The molecule has 3 rings (SSSR count). The average molecular weight is 480 g/mol. The van der Waals surface area contributed by atoms with Gasteiger partial charge in [0, 0.05) is 59.4 Å². The summed E-state index contributed by atoms with van der Waals surface area (Å²) in [6, 6.07) is 29.3. The molecule has 7 nitrogen and oxygen atoms in total. The van der Waals surface area contributed by atoms with E-state index in [1.54, 1.807) is 28.4 Å². The van der Waals surface area contributed by atoms with Gasteiger partial charge < -0.3 is 24.7 Å². The maximum Gasteiger partial charge on any atom is 0.161 e. The zero-order valence-electron chi connectivity index (χ0n) is 21.0. The number of nitrogens with zero attached hydrogens (tertiary/aromatic N) is 2. The van der Waals surface area contributed by atoms with Crippen LogP contribution < -0.4 is 5.73 Å². The summed E-state index contributed by atoms with van der Waals surface area (Å²) < 4.78 is 19.8. The van der Waals surface area contributed by atoms with Crippen LogP contribution in [0.4, 0.5) is 17.1 Å². The summed E-state index contributed by atoms with van der Waals surface area (Å²) in [7, 11) is 6.32. The lowest BCUT2D eigenvalue weighted by molar-refractivity contribution is -0.178. The molecule has 3 aromatic rings. The Balaban J connectivity index is 0.000000292. The zero-order valence-corrected chi connectivity index (χ0v) is 21.0. The van der Waals surface area contributed by atoms with Gasteiger partial charge in [-0.25, -0.2) is 0 Å². The van der Waals surface area contributed by atoms with Crippen molar-refractivity contribution in [2.45, 2.75) is 25.4 Å². The molecule has 188 valence electrons. The Hall–Kier alpha value is -3.36. The number of nitrogens with two attached hydrogens (primary N) is 1. The summed E-state index contributed by atoms with van der Waals surface area (Å²) in [5, 5.41) is 0. The predicted octanol–water partition coefficient (Wildman–Crippen LogP) is 6.06. The number of benzene rings is 3. The number of nitrogen functional groups attached to an aromatic ring is 1. The molecule has 0 aliphatic rings. The van der Waals surface area contributed by atoms with Gasteiger partial charge in [0.1, 0.15) is 0 Å². The lowest BCUT2D eigenvalue weighted by Gasteiger charge is -2.18. The van der Waals surface area contributed by atoms with Gasteiger partial charge in [0.25, 0.3) is 0 Å². The first-order valence-electron chi connectivity index (χ1n) is 11.2. The number of hydrogen-bond acceptors (Lipinski definition) is 7. The molecule has 0 atom stereocenters. The largest absolute Gasteiger partial charge is 0.399 e. The molecule has 0 spiro atoms. The fourth-order valence-electron chi connectivity index (χ4n) is 2.58. The van der Waals surface area contributed by atoms with E-state index in [-0.39, 0.29) is 12.6 Å². The van der Waals surface area contributed by atoms with Crippen LogP contribution in [0.1, 0.15) is 12.8 Å². The highest BCUT2D eigenvalue weighted by atomic mass is 16.7. The zero-order chi connectivity index (χ0) is 25.6. The van der Waals surface area contributed by atoms with Crippen LogP contribution >= 0.6 is 0 Å². The van der Waals surface area contributed by atoms with Crippen molar-refractivity contribution in [1.29, 1.82) is 0 Å². The van der Waals surface area contributed by atoms with E-state index < -0.39 is 0 Å². The fourth-order valence-corrected chi connectivity index (χ4v) is 2.58. The standard InChI is InChI=1S/C15H14N2.C7H16O4.C6H7N/c1-3-8-14(9-4-1)16-12-7-13-17-15-10-5-2-6-11-15;1-8-6(9-2)5-7(10-3)11-4;7-6-4-2-1-3-5-6/h1-6,8-13H,7H2;6-7H,5H2,1-4H3;1-5H,7H2. The molecule has 0 aromatic heterocycles. The van der Waals surface area contributed by atoms with E-state index >= 15 is 0 Å². The molecule has 7 heteroatoms. The van der Waals surface area contributed by atoms with Crippen LogP contribution in [0.3, 0.4) is 0 Å². The summed E-state index contributed by atoms with van der Waals surface area (Å²) >= 11 is 0. The highest BCUT2D eigenvalue weighted by molar-refractivity contribution is 5.82. The number of anilines is 1. The van der Waals surface area contributed by atoms with Gasteiger partial charge in [0.2, 0.25) is 0 Å². The molecular formula is C28H37N3O4. The molecule has 0 saturated carbocycles. The quantitative estimate of drug-likeness (QED) is 0.217. The third-order valence-electron chi connectivity index (χ3n) is 4.44. The number of hydrogen-bond donors (Lipinski definition) is 1. The van der Waals surface area contributed by atoms with Crippen molar-refractivity contribution >= 4 is 29.5 Å². The van der Waals surface area contributed by atoms with Crippen LogP contribution in [0.5, 0.6) is 0 Å². The van der Waals surface area contributed by atoms with Crippen LogP contribution in [-0.4, -0.2) is 53.4 Å². The first-order chi connectivity index (χ1) is 17.1. The van der Waals surface area contributed by atoms with Gasteiger partial charge >= 0.3 is 0 Å². The number of ether oxygens (including phenoxy) is 4. The van der Waals surface area contributed by atoms with E-state index in [4.69, 9.17) is 24.7 Å². The second kappa shape index (κ2) is 20.1. The van der Waals surface area contributed by atoms with Crippen LogP contribution in [-0.2, 0) is 18.9 Å². The molecule has 2 N–H and O–H groups in total. The van der Waals surface area contributed by atoms with Crippen molar-refractivity contribution in [1.82, 2.24) is 0 Å². The summed E-state index contributed by atoms with van der Waals surface area (Å²) in [5.41, 5.74) is 8.13. The van der Waals surface area contributed by atoms with Crippen molar-refractivity contribution in [2.24, 2.45) is 9.98 Å². The molecule has 0 amide bonds. The number of aliphatic imine (C=N–C) groups is 2. The first-order valence-corrected chi connectivity index (χ1v) is 11.2. The van der Waals surface area contributed by atoms with Crippen molar-refractivity contribution in [3.05, 3.63) is 91.0 Å². The summed E-state index contributed by atoms with van der Waals surface area (Å²) in [6.07, 6.45) is 4.51. The lowest BCUT2D eigenvalue weighted by Crippen LogP contribution is -2.24. The van der Waals surface area contributed by atoms with E-state index in [9.17, 15) is 0 Å². The summed E-state index contributed by atoms with van der Waals surface area (Å²) in [5.74, 6) is 0. The first kappa shape index (κ1) is 29.7. The van der Waals surface area contributed by atoms with Crippen LogP contribution in [0.15, 0.2) is 101 Å². The third kappa shape index (κ3) is 15.2. The molecule has 0 bridgehead atoms. The van der Waals surface area contributed by atoms with Gasteiger partial charge in [-0.1, -0.05) is 54.6 Å². The lowest BCUT2D eigenvalue weighted by atomic mass is 10.3. The van der Waals surface area contributed by atoms with Crippen LogP contribution in [0.25, 0.3) is 0 Å². The molecule has 0 radical (unpaired) electrons. The highest BCUT2D eigenvalue weighted by Crippen LogP contribution is 2.10. The van der Waals surface area contributed by atoms with Crippen molar-refractivity contribution in [3.8, 4) is 0 Å². The molecule has 0 heterocycles. The Morgan fingerprint density at radius 2 is 0.943 bits per heavy atom. The third-order valence-corrected chi connectivity index (χ3v) is 4.44. The van der Waals surface area contributed by atoms with Crippen LogP contribution in [0.2, 0.25) is 0 Å². The minimum Gasteiger partial charge on any atom is -0.399 e. The number of methoxy groups -OCH3 is 4. The molecule has 35 heavy (non-hydrogen) atoms. The number of rotatable bonds is 10. The van der Waals surface area contributed by atoms with E-state index in [0.717, 1.165) is 23.5 Å². The predicted molar refractivity (Wildman–Crippen MR) is 145 cm³/mol. The molecule has 0 fully saturated rings. The Morgan fingerprint density at radius 1 is 0.600 bits per heavy atom. The minimum absolute atomic E-state index is 0.264. The molecule has 3 aromatic carbocycles. The summed E-state index contributed by atoms with van der Waals surface area (Å²) in [4.78, 5) is 8.64. The van der Waals surface area contributed by atoms with Crippen molar-refractivity contribution in [3.63, 3.8) is 0 Å². The molecular weight excluding hydrogens is 442 g/mol. The maximum atomic E-state index is 5.36. The topological polar surface area (TPSA) is 87.7 Å². The van der Waals surface area contributed by atoms with Gasteiger partial charge in [-0.3, -0.25) is 9.98 Å². The second-order valence-electron chi connectivity index (χ2n) is 6.98. The van der Waals surface area contributed by atoms with E-state index in [1.807, 2.05) is 103 Å². The van der Waals surface area contributed by atoms with Gasteiger partial charge in [-0.2, -0.15) is 0 Å². The normalized spacial score (nSPS) is 10.8. The molecule has 0 unspecified atom stereocenters. The van der Waals surface area contributed by atoms with Gasteiger partial charge in [-0.15, -0.1) is 0 Å². The van der Waals surface area contributed by atoms with Crippen molar-refractivity contribution < 1.29 is 18.9 Å². The van der Waals surface area contributed by atoms with E-state index in [2.05, 4.69) is 9.98 Å². The maximum absolute atomic E-state index is 5.36.